The fourth-order valence-corrected chi connectivity index (χ4v) is 3.07. The number of hydrogen-bond acceptors (Lipinski definition) is 5. The monoisotopic (exact) mass is 286 g/mol. The number of carboxylic acid groups (broad SMARTS) is 1. The third-order valence-electron chi connectivity index (χ3n) is 4.08. The Bertz CT molecular complexity index is 720. The van der Waals surface area contributed by atoms with Crippen molar-refractivity contribution in [2.45, 2.75) is 6.04 Å². The van der Waals surface area contributed by atoms with E-state index in [2.05, 4.69) is 14.9 Å². The van der Waals surface area contributed by atoms with Gasteiger partial charge in [0.15, 0.2) is 5.75 Å². The van der Waals surface area contributed by atoms with Crippen LogP contribution in [0.2, 0.25) is 0 Å². The predicted octanol–water partition coefficient (Wildman–Crippen LogP) is 1.19. The molecule has 0 spiro atoms. The number of anilines is 1. The van der Waals surface area contributed by atoms with E-state index in [1.165, 1.54) is 4.90 Å². The molecule has 2 aromatic heterocycles. The zero-order valence-electron chi connectivity index (χ0n) is 11.3. The maximum absolute atomic E-state index is 11.1. The van der Waals surface area contributed by atoms with Crippen LogP contribution < -0.4 is 9.64 Å². The zero-order chi connectivity index (χ0) is 14.4. The van der Waals surface area contributed by atoms with Crippen LogP contribution in [0, 0.1) is 0 Å². The van der Waals surface area contributed by atoms with Gasteiger partial charge in [0.2, 0.25) is 0 Å². The second kappa shape index (κ2) is 4.47. The van der Waals surface area contributed by atoms with Crippen molar-refractivity contribution in [2.75, 3.05) is 31.1 Å². The van der Waals surface area contributed by atoms with Gasteiger partial charge in [0.25, 0.3) is 0 Å². The number of ether oxygens (including phenoxy) is 1. The molecular weight excluding hydrogens is 272 g/mol. The molecule has 1 amide bonds. The molecule has 0 aliphatic carbocycles. The van der Waals surface area contributed by atoms with E-state index in [4.69, 9.17) is 9.84 Å². The number of fused-ring (bicyclic) bond motifs is 5. The Morgan fingerprint density at radius 3 is 3.14 bits per heavy atom. The minimum absolute atomic E-state index is 0.0427. The minimum Gasteiger partial charge on any atom is -0.488 e. The van der Waals surface area contributed by atoms with Crippen molar-refractivity contribution in [3.05, 3.63) is 24.7 Å². The van der Waals surface area contributed by atoms with Gasteiger partial charge in [0.1, 0.15) is 6.61 Å². The summed E-state index contributed by atoms with van der Waals surface area (Å²) in [4.78, 5) is 23.3. The van der Waals surface area contributed by atoms with Crippen molar-refractivity contribution in [3.63, 3.8) is 0 Å². The highest BCUT2D eigenvalue weighted by Gasteiger charge is 2.35. The predicted molar refractivity (Wildman–Crippen MR) is 75.8 cm³/mol. The Kier molecular flexibility index (Phi) is 2.60. The van der Waals surface area contributed by atoms with Gasteiger partial charge >= 0.3 is 6.09 Å². The summed E-state index contributed by atoms with van der Waals surface area (Å²) in [5, 5.41) is 10.1. The van der Waals surface area contributed by atoms with Crippen LogP contribution in [0.25, 0.3) is 10.9 Å². The molecule has 0 aromatic carbocycles. The van der Waals surface area contributed by atoms with Crippen LogP contribution in [0.3, 0.4) is 0 Å². The first-order valence-electron chi connectivity index (χ1n) is 6.84. The zero-order valence-corrected chi connectivity index (χ0v) is 11.3. The smallest absolute Gasteiger partial charge is 0.407 e. The SMILES string of the molecule is O=C(O)N1CCN2c3c(cnc4cnccc34)OC[C@H]2C1. The van der Waals surface area contributed by atoms with Crippen LogP contribution in [0.1, 0.15) is 0 Å². The molecule has 0 saturated carbocycles. The topological polar surface area (TPSA) is 78.8 Å². The van der Waals surface area contributed by atoms with Gasteiger partial charge in [-0.2, -0.15) is 0 Å². The lowest BCUT2D eigenvalue weighted by molar-refractivity contribution is 0.123. The molecule has 0 unspecified atom stereocenters. The summed E-state index contributed by atoms with van der Waals surface area (Å²) in [7, 11) is 0. The van der Waals surface area contributed by atoms with Gasteiger partial charge in [-0.15, -0.1) is 0 Å². The van der Waals surface area contributed by atoms with E-state index in [0.717, 1.165) is 22.3 Å². The van der Waals surface area contributed by atoms with Crippen LogP contribution in [-0.4, -0.2) is 58.4 Å². The summed E-state index contributed by atoms with van der Waals surface area (Å²) in [6, 6.07) is 1.97. The molecule has 1 N–H and O–H groups in total. The quantitative estimate of drug-likeness (QED) is 0.783. The van der Waals surface area contributed by atoms with E-state index in [1.54, 1.807) is 18.6 Å². The Balaban J connectivity index is 1.78. The van der Waals surface area contributed by atoms with Crippen molar-refractivity contribution in [3.8, 4) is 5.75 Å². The normalized spacial score (nSPS) is 20.7. The number of aromatic nitrogens is 2. The number of nitrogens with zero attached hydrogens (tertiary/aromatic N) is 4. The third kappa shape index (κ3) is 1.84. The molecule has 21 heavy (non-hydrogen) atoms. The van der Waals surface area contributed by atoms with Gasteiger partial charge in [-0.3, -0.25) is 9.97 Å². The second-order valence-corrected chi connectivity index (χ2v) is 5.25. The molecule has 4 heterocycles. The molecule has 2 aliphatic heterocycles. The summed E-state index contributed by atoms with van der Waals surface area (Å²) in [5.74, 6) is 0.758. The molecular formula is C14H14N4O3. The van der Waals surface area contributed by atoms with Crippen LogP contribution in [-0.2, 0) is 0 Å². The molecule has 0 radical (unpaired) electrons. The molecule has 2 aliphatic rings. The molecule has 2 aromatic rings. The van der Waals surface area contributed by atoms with Crippen LogP contribution >= 0.6 is 0 Å². The summed E-state index contributed by atoms with van der Waals surface area (Å²) in [5.41, 5.74) is 1.82. The standard InChI is InChI=1S/C14H14N4O3/c19-14(20)17-3-4-18-9(7-17)8-21-12-6-16-11-5-15-2-1-10(11)13(12)18/h1-2,5-6,9H,3-4,7-8H2,(H,19,20)/t9-/m1/s1. The molecule has 1 saturated heterocycles. The molecule has 1 atom stereocenters. The van der Waals surface area contributed by atoms with Crippen molar-refractivity contribution >= 4 is 22.7 Å². The molecule has 0 bridgehead atoms. The van der Waals surface area contributed by atoms with E-state index < -0.39 is 6.09 Å². The van der Waals surface area contributed by atoms with Gasteiger partial charge in [0, 0.05) is 31.2 Å². The largest absolute Gasteiger partial charge is 0.488 e. The average Bonchev–Trinajstić information content (AvgIpc) is 2.53. The van der Waals surface area contributed by atoms with E-state index in [-0.39, 0.29) is 6.04 Å². The summed E-state index contributed by atoms with van der Waals surface area (Å²) >= 11 is 0. The summed E-state index contributed by atoms with van der Waals surface area (Å²) < 4.78 is 5.78. The number of pyridine rings is 2. The highest BCUT2D eigenvalue weighted by Crippen LogP contribution is 2.39. The first kappa shape index (κ1) is 12.2. The molecule has 108 valence electrons. The highest BCUT2D eigenvalue weighted by molar-refractivity contribution is 5.95. The summed E-state index contributed by atoms with van der Waals surface area (Å²) in [6.45, 7) is 2.10. The third-order valence-corrected chi connectivity index (χ3v) is 4.08. The number of hydrogen-bond donors (Lipinski definition) is 1. The molecule has 7 heteroatoms. The number of amides is 1. The van der Waals surface area contributed by atoms with E-state index in [0.29, 0.717) is 26.2 Å². The molecule has 4 rings (SSSR count). The van der Waals surface area contributed by atoms with Crippen molar-refractivity contribution in [2.24, 2.45) is 0 Å². The Morgan fingerprint density at radius 2 is 2.29 bits per heavy atom. The molecule has 7 nitrogen and oxygen atoms in total. The van der Waals surface area contributed by atoms with Crippen molar-refractivity contribution in [1.29, 1.82) is 0 Å². The van der Waals surface area contributed by atoms with Crippen LogP contribution in [0.5, 0.6) is 5.75 Å². The summed E-state index contributed by atoms with van der Waals surface area (Å²) in [6.07, 6.45) is 4.32. The Morgan fingerprint density at radius 1 is 1.38 bits per heavy atom. The number of rotatable bonds is 0. The van der Waals surface area contributed by atoms with Gasteiger partial charge < -0.3 is 19.6 Å². The fourth-order valence-electron chi connectivity index (χ4n) is 3.07. The second-order valence-electron chi connectivity index (χ2n) is 5.25. The Labute approximate surface area is 120 Å². The highest BCUT2D eigenvalue weighted by atomic mass is 16.5. The fraction of sp³-hybridized carbons (Fsp3) is 0.357. The van der Waals surface area contributed by atoms with Crippen LogP contribution in [0.4, 0.5) is 10.5 Å². The Hall–Kier alpha value is -2.57. The lowest BCUT2D eigenvalue weighted by atomic mass is 10.1. The molecule has 1 fully saturated rings. The van der Waals surface area contributed by atoms with Crippen molar-refractivity contribution in [1.82, 2.24) is 14.9 Å². The van der Waals surface area contributed by atoms with Crippen LogP contribution in [0.15, 0.2) is 24.7 Å². The number of carbonyl (C=O) groups is 1. The first-order valence-corrected chi connectivity index (χ1v) is 6.84. The van der Waals surface area contributed by atoms with Crippen molar-refractivity contribution < 1.29 is 14.6 Å². The lowest BCUT2D eigenvalue weighted by Crippen LogP contribution is -2.58. The lowest BCUT2D eigenvalue weighted by Gasteiger charge is -2.45. The maximum Gasteiger partial charge on any atom is 0.407 e. The number of piperazine rings is 1. The average molecular weight is 286 g/mol. The van der Waals surface area contributed by atoms with Gasteiger partial charge in [0.05, 0.1) is 29.6 Å². The van der Waals surface area contributed by atoms with Gasteiger partial charge in [-0.25, -0.2) is 4.79 Å². The maximum atomic E-state index is 11.1. The van der Waals surface area contributed by atoms with E-state index >= 15 is 0 Å². The van der Waals surface area contributed by atoms with E-state index in [1.807, 2.05) is 6.07 Å². The van der Waals surface area contributed by atoms with E-state index in [9.17, 15) is 4.79 Å². The minimum atomic E-state index is -0.871. The van der Waals surface area contributed by atoms with Gasteiger partial charge in [-0.05, 0) is 6.07 Å². The van der Waals surface area contributed by atoms with Gasteiger partial charge in [-0.1, -0.05) is 0 Å². The first-order chi connectivity index (χ1) is 10.2.